The highest BCUT2D eigenvalue weighted by Gasteiger charge is 2.15. The first-order chi connectivity index (χ1) is 7.55. The van der Waals surface area contributed by atoms with Crippen molar-refractivity contribution in [1.82, 2.24) is 4.90 Å². The van der Waals surface area contributed by atoms with E-state index in [1.54, 1.807) is 7.11 Å². The van der Waals surface area contributed by atoms with E-state index < -0.39 is 5.54 Å². The van der Waals surface area contributed by atoms with Gasteiger partial charge in [0, 0.05) is 19.2 Å². The number of unbranched alkanes of at least 4 members (excludes halogenated alkanes) is 1. The lowest BCUT2D eigenvalue weighted by Gasteiger charge is -2.23. The molecule has 1 unspecified atom stereocenters. The summed E-state index contributed by atoms with van der Waals surface area (Å²) in [4.78, 5) is 2.37. The van der Waals surface area contributed by atoms with Crippen molar-refractivity contribution in [3.05, 3.63) is 0 Å². The molecule has 0 heterocycles. The summed E-state index contributed by atoms with van der Waals surface area (Å²) in [7, 11) is 1.73. The Kier molecular flexibility index (Phi) is 8.84. The maximum atomic E-state index is 9.01. The Morgan fingerprint density at radius 3 is 2.50 bits per heavy atom. The van der Waals surface area contributed by atoms with Gasteiger partial charge >= 0.3 is 0 Å². The average Bonchev–Trinajstić information content (AvgIpc) is 2.28. The predicted molar refractivity (Wildman–Crippen MR) is 67.5 cm³/mol. The van der Waals surface area contributed by atoms with E-state index in [-0.39, 0.29) is 6.61 Å². The lowest BCUT2D eigenvalue weighted by molar-refractivity contribution is 0.148. The average molecular weight is 232 g/mol. The summed E-state index contributed by atoms with van der Waals surface area (Å²) in [5.41, 5.74) is 5.45. The van der Waals surface area contributed by atoms with Gasteiger partial charge in [0.1, 0.15) is 0 Å². The summed E-state index contributed by atoms with van der Waals surface area (Å²) < 4.78 is 5.06. The topological polar surface area (TPSA) is 58.7 Å². The summed E-state index contributed by atoms with van der Waals surface area (Å²) in [6.07, 6.45) is 3.08. The van der Waals surface area contributed by atoms with Crippen molar-refractivity contribution < 1.29 is 9.84 Å². The third-order valence-electron chi connectivity index (χ3n) is 2.89. The van der Waals surface area contributed by atoms with Gasteiger partial charge in [-0.2, -0.15) is 0 Å². The van der Waals surface area contributed by atoms with E-state index in [0.29, 0.717) is 0 Å². The lowest BCUT2D eigenvalue weighted by atomic mass is 9.97. The van der Waals surface area contributed by atoms with Crippen LogP contribution in [-0.4, -0.2) is 55.5 Å². The molecule has 0 aromatic rings. The third-order valence-corrected chi connectivity index (χ3v) is 2.89. The number of aliphatic hydroxyl groups excluding tert-OH is 1. The fourth-order valence-electron chi connectivity index (χ4n) is 1.59. The number of ether oxygens (including phenoxy) is 1. The molecule has 0 aromatic heterocycles. The van der Waals surface area contributed by atoms with E-state index in [9.17, 15) is 0 Å². The Morgan fingerprint density at radius 1 is 1.31 bits per heavy atom. The lowest BCUT2D eigenvalue weighted by Crippen LogP contribution is -2.40. The number of nitrogens with two attached hydrogens (primary N) is 1. The van der Waals surface area contributed by atoms with Crippen molar-refractivity contribution in [2.75, 3.05) is 40.0 Å². The maximum Gasteiger partial charge on any atom is 0.0608 e. The molecule has 0 spiro atoms. The molecule has 0 fully saturated rings. The second-order valence-electron chi connectivity index (χ2n) is 4.70. The Bertz CT molecular complexity index is 163. The number of rotatable bonds is 10. The summed E-state index contributed by atoms with van der Waals surface area (Å²) >= 11 is 0. The first-order valence-corrected chi connectivity index (χ1v) is 6.16. The first-order valence-electron chi connectivity index (χ1n) is 6.16. The van der Waals surface area contributed by atoms with Crippen molar-refractivity contribution >= 4 is 0 Å². The van der Waals surface area contributed by atoms with Gasteiger partial charge in [-0.1, -0.05) is 13.3 Å². The highest BCUT2D eigenvalue weighted by atomic mass is 16.5. The molecular formula is C12H28N2O2. The number of aliphatic hydroxyl groups is 1. The third kappa shape index (κ3) is 8.05. The molecule has 0 amide bonds. The van der Waals surface area contributed by atoms with E-state index in [0.717, 1.165) is 45.5 Å². The van der Waals surface area contributed by atoms with E-state index in [1.807, 2.05) is 6.92 Å². The molecule has 0 saturated carbocycles. The van der Waals surface area contributed by atoms with E-state index >= 15 is 0 Å². The SMILES string of the molecule is CCN(CCCCC(C)(N)CO)CCOC. The zero-order valence-electron chi connectivity index (χ0n) is 11.0. The molecule has 0 rings (SSSR count). The minimum absolute atomic E-state index is 0.0637. The molecule has 16 heavy (non-hydrogen) atoms. The van der Waals surface area contributed by atoms with Crippen LogP contribution in [0.4, 0.5) is 0 Å². The predicted octanol–water partition coefficient (Wildman–Crippen LogP) is 0.835. The fourth-order valence-corrected chi connectivity index (χ4v) is 1.59. The van der Waals surface area contributed by atoms with Crippen LogP contribution in [0.2, 0.25) is 0 Å². The van der Waals surface area contributed by atoms with Crippen molar-refractivity contribution in [3.63, 3.8) is 0 Å². The van der Waals surface area contributed by atoms with E-state index in [4.69, 9.17) is 15.6 Å². The van der Waals surface area contributed by atoms with Crippen LogP contribution in [0.25, 0.3) is 0 Å². The Hall–Kier alpha value is -0.160. The molecule has 4 nitrogen and oxygen atoms in total. The molecule has 0 aromatic carbocycles. The maximum absolute atomic E-state index is 9.01. The van der Waals surface area contributed by atoms with E-state index in [2.05, 4.69) is 11.8 Å². The summed E-state index contributed by atoms with van der Waals surface area (Å²) in [6, 6.07) is 0. The van der Waals surface area contributed by atoms with Crippen LogP contribution in [0.3, 0.4) is 0 Å². The van der Waals surface area contributed by atoms with Crippen LogP contribution >= 0.6 is 0 Å². The second kappa shape index (κ2) is 8.93. The van der Waals surface area contributed by atoms with Crippen LogP contribution in [0.15, 0.2) is 0 Å². The summed E-state index contributed by atoms with van der Waals surface area (Å²) in [6.45, 7) is 8.05. The van der Waals surface area contributed by atoms with Crippen molar-refractivity contribution in [3.8, 4) is 0 Å². The first kappa shape index (κ1) is 15.8. The fraction of sp³-hybridized carbons (Fsp3) is 1.00. The number of nitrogens with zero attached hydrogens (tertiary/aromatic N) is 1. The van der Waals surface area contributed by atoms with Crippen LogP contribution in [0.5, 0.6) is 0 Å². The molecule has 0 saturated heterocycles. The van der Waals surface area contributed by atoms with E-state index in [1.165, 1.54) is 0 Å². The highest BCUT2D eigenvalue weighted by molar-refractivity contribution is 4.76. The van der Waals surface area contributed by atoms with Crippen molar-refractivity contribution in [1.29, 1.82) is 0 Å². The molecule has 1 atom stereocenters. The summed E-state index contributed by atoms with van der Waals surface area (Å²) in [5.74, 6) is 0. The minimum Gasteiger partial charge on any atom is -0.394 e. The van der Waals surface area contributed by atoms with Gasteiger partial charge in [-0.25, -0.2) is 0 Å². The Balaban J connectivity index is 3.55. The normalized spacial score (nSPS) is 15.4. The van der Waals surface area contributed by atoms with Gasteiger partial charge in [0.05, 0.1) is 13.2 Å². The molecule has 0 radical (unpaired) electrons. The largest absolute Gasteiger partial charge is 0.394 e. The number of hydrogen-bond acceptors (Lipinski definition) is 4. The molecular weight excluding hydrogens is 204 g/mol. The van der Waals surface area contributed by atoms with Gasteiger partial charge in [0.25, 0.3) is 0 Å². The molecule has 98 valence electrons. The van der Waals surface area contributed by atoms with Crippen LogP contribution in [-0.2, 0) is 4.74 Å². The standard InChI is InChI=1S/C12H28N2O2/c1-4-14(9-10-16-3)8-6-5-7-12(2,13)11-15/h15H,4-11,13H2,1-3H3. The van der Waals surface area contributed by atoms with Crippen LogP contribution in [0.1, 0.15) is 33.1 Å². The molecule has 0 aliphatic carbocycles. The molecule has 0 bridgehead atoms. The van der Waals surface area contributed by atoms with Crippen LogP contribution < -0.4 is 5.73 Å². The number of likely N-dealkylation sites (N-methyl/N-ethyl adjacent to an activating group) is 1. The number of methoxy groups -OCH3 is 1. The van der Waals surface area contributed by atoms with Gasteiger partial charge in [-0.3, -0.25) is 0 Å². The van der Waals surface area contributed by atoms with Crippen molar-refractivity contribution in [2.45, 2.75) is 38.6 Å². The highest BCUT2D eigenvalue weighted by Crippen LogP contribution is 2.10. The van der Waals surface area contributed by atoms with Gasteiger partial charge < -0.3 is 20.5 Å². The van der Waals surface area contributed by atoms with Gasteiger partial charge in [0.2, 0.25) is 0 Å². The molecule has 0 aliphatic rings. The summed E-state index contributed by atoms with van der Waals surface area (Å²) in [5, 5.41) is 9.01. The Labute approximate surface area is 99.8 Å². The molecule has 3 N–H and O–H groups in total. The molecule has 0 aliphatic heterocycles. The quantitative estimate of drug-likeness (QED) is 0.548. The van der Waals surface area contributed by atoms with Crippen molar-refractivity contribution in [2.24, 2.45) is 5.73 Å². The second-order valence-corrected chi connectivity index (χ2v) is 4.70. The smallest absolute Gasteiger partial charge is 0.0608 e. The number of hydrogen-bond donors (Lipinski definition) is 2. The van der Waals surface area contributed by atoms with Gasteiger partial charge in [0.15, 0.2) is 0 Å². The zero-order valence-corrected chi connectivity index (χ0v) is 11.0. The van der Waals surface area contributed by atoms with Crippen LogP contribution in [0, 0.1) is 0 Å². The minimum atomic E-state index is -0.413. The molecule has 4 heteroatoms. The van der Waals surface area contributed by atoms with Gasteiger partial charge in [-0.15, -0.1) is 0 Å². The monoisotopic (exact) mass is 232 g/mol. The van der Waals surface area contributed by atoms with Gasteiger partial charge in [-0.05, 0) is 32.9 Å². The zero-order chi connectivity index (χ0) is 12.4. The Morgan fingerprint density at radius 2 is 2.00 bits per heavy atom.